The van der Waals surface area contributed by atoms with Gasteiger partial charge in [0, 0.05) is 4.47 Å². The van der Waals surface area contributed by atoms with Gasteiger partial charge in [0.2, 0.25) is 5.91 Å². The largest absolute Gasteiger partial charge is 0.481 e. The van der Waals surface area contributed by atoms with Crippen LogP contribution in [0.1, 0.15) is 12.0 Å². The Kier molecular flexibility index (Phi) is 6.01. The summed E-state index contributed by atoms with van der Waals surface area (Å²) in [6.45, 7) is 0. The number of amidine groups is 1. The van der Waals surface area contributed by atoms with Gasteiger partial charge in [-0.15, -0.1) is 5.10 Å². The van der Waals surface area contributed by atoms with Crippen molar-refractivity contribution in [1.82, 2.24) is 5.32 Å². The first-order chi connectivity index (χ1) is 10.8. The normalized spacial score (nSPS) is 19.6. The second kappa shape index (κ2) is 7.61. The summed E-state index contributed by atoms with van der Waals surface area (Å²) in [5.74, 6) is -2.33. The molecule has 1 aliphatic heterocycles. The molecule has 2 rings (SSSR count). The lowest BCUT2D eigenvalue weighted by molar-refractivity contribution is -0.138. The summed E-state index contributed by atoms with van der Waals surface area (Å²) in [5.41, 5.74) is -0.0550. The lowest BCUT2D eigenvalue weighted by Gasteiger charge is -2.03. The molecular formula is C12H7BrCl2FN3O3S. The van der Waals surface area contributed by atoms with Crippen LogP contribution in [0.25, 0.3) is 0 Å². The van der Waals surface area contributed by atoms with Crippen LogP contribution < -0.4 is 5.32 Å². The van der Waals surface area contributed by atoms with E-state index in [2.05, 4.69) is 31.4 Å². The van der Waals surface area contributed by atoms with Crippen LogP contribution in [0.2, 0.25) is 10.0 Å². The van der Waals surface area contributed by atoms with Gasteiger partial charge in [-0.1, -0.05) is 35.0 Å². The third-order valence-corrected chi connectivity index (χ3v) is 5.23. The number of carbonyl (C=O) groups excluding carboxylic acids is 1. The molecule has 1 aliphatic rings. The van der Waals surface area contributed by atoms with E-state index in [0.29, 0.717) is 4.47 Å². The van der Waals surface area contributed by atoms with Gasteiger partial charge in [0.1, 0.15) is 5.25 Å². The Labute approximate surface area is 152 Å². The summed E-state index contributed by atoms with van der Waals surface area (Å²) in [6.07, 6.45) is 0.724. The summed E-state index contributed by atoms with van der Waals surface area (Å²) < 4.78 is 14.3. The first kappa shape index (κ1) is 18.2. The van der Waals surface area contributed by atoms with Gasteiger partial charge >= 0.3 is 5.97 Å². The maximum Gasteiger partial charge on any atom is 0.305 e. The second-order valence-corrected chi connectivity index (χ2v) is 7.06. The molecule has 1 heterocycles. The van der Waals surface area contributed by atoms with Crippen LogP contribution in [0.4, 0.5) is 4.39 Å². The van der Waals surface area contributed by atoms with Crippen molar-refractivity contribution in [2.75, 3.05) is 0 Å². The smallest absolute Gasteiger partial charge is 0.305 e. The van der Waals surface area contributed by atoms with Gasteiger partial charge in [-0.3, -0.25) is 9.59 Å². The summed E-state index contributed by atoms with van der Waals surface area (Å²) in [7, 11) is 0. The lowest BCUT2D eigenvalue weighted by Crippen LogP contribution is -2.26. The van der Waals surface area contributed by atoms with Crippen molar-refractivity contribution < 1.29 is 19.1 Å². The molecule has 0 aliphatic carbocycles. The Bertz CT molecular complexity index is 745. The fraction of sp³-hybridized carbons (Fsp3) is 0.167. The Morgan fingerprint density at radius 3 is 2.91 bits per heavy atom. The highest BCUT2D eigenvalue weighted by Crippen LogP contribution is 2.32. The standard InChI is InChI=1S/C12H7BrCl2FN3O3S/c13-5-1-6(14)4(10(16)9(5)15)3-17-19-12-18-11(22)7(23-12)2-8(20)21/h1,3,7H,2H2,(H,20,21)(H,18,19,22). The third kappa shape index (κ3) is 4.43. The van der Waals surface area contributed by atoms with Crippen LogP contribution in [-0.4, -0.2) is 33.6 Å². The van der Waals surface area contributed by atoms with Crippen LogP contribution >= 0.6 is 50.9 Å². The van der Waals surface area contributed by atoms with Crippen molar-refractivity contribution in [2.24, 2.45) is 10.2 Å². The zero-order chi connectivity index (χ0) is 17.1. The van der Waals surface area contributed by atoms with E-state index in [0.717, 1.165) is 18.0 Å². The molecule has 0 bridgehead atoms. The molecule has 0 aromatic heterocycles. The van der Waals surface area contributed by atoms with Crippen LogP contribution in [0.3, 0.4) is 0 Å². The number of aliphatic carboxylic acids is 1. The van der Waals surface area contributed by atoms with Crippen molar-refractivity contribution in [3.8, 4) is 0 Å². The van der Waals surface area contributed by atoms with Gasteiger partial charge in [0.25, 0.3) is 0 Å². The van der Waals surface area contributed by atoms with E-state index in [-0.39, 0.29) is 27.2 Å². The van der Waals surface area contributed by atoms with Crippen molar-refractivity contribution in [1.29, 1.82) is 0 Å². The summed E-state index contributed by atoms with van der Waals surface area (Å²) in [4.78, 5) is 22.1. The quantitative estimate of drug-likeness (QED) is 0.324. The number of carboxylic acid groups (broad SMARTS) is 1. The zero-order valence-electron chi connectivity index (χ0n) is 11.0. The number of halogens is 4. The predicted octanol–water partition coefficient (Wildman–Crippen LogP) is 3.29. The Morgan fingerprint density at radius 1 is 1.57 bits per heavy atom. The number of carbonyl (C=O) groups is 2. The van der Waals surface area contributed by atoms with Crippen LogP contribution in [0.5, 0.6) is 0 Å². The van der Waals surface area contributed by atoms with Gasteiger partial charge in [0.15, 0.2) is 11.0 Å². The molecule has 6 nitrogen and oxygen atoms in total. The molecule has 1 aromatic carbocycles. The number of hydrogen-bond acceptors (Lipinski definition) is 5. The zero-order valence-corrected chi connectivity index (χ0v) is 14.9. The van der Waals surface area contributed by atoms with Gasteiger partial charge < -0.3 is 10.4 Å². The van der Waals surface area contributed by atoms with Gasteiger partial charge in [-0.25, -0.2) is 4.39 Å². The van der Waals surface area contributed by atoms with Gasteiger partial charge in [-0.2, -0.15) is 5.10 Å². The molecule has 1 fully saturated rings. The third-order valence-electron chi connectivity index (χ3n) is 2.62. The molecule has 1 aromatic rings. The highest BCUT2D eigenvalue weighted by molar-refractivity contribution is 9.10. The molecule has 11 heteroatoms. The summed E-state index contributed by atoms with van der Waals surface area (Å²) in [6, 6.07) is 1.41. The molecule has 1 unspecified atom stereocenters. The van der Waals surface area contributed by atoms with E-state index >= 15 is 0 Å². The topological polar surface area (TPSA) is 91.1 Å². The van der Waals surface area contributed by atoms with Gasteiger partial charge in [0.05, 0.1) is 28.2 Å². The molecule has 23 heavy (non-hydrogen) atoms. The van der Waals surface area contributed by atoms with E-state index in [1.807, 2.05) is 0 Å². The fourth-order valence-electron chi connectivity index (χ4n) is 1.58. The fourth-order valence-corrected chi connectivity index (χ4v) is 3.43. The maximum atomic E-state index is 14.0. The molecule has 0 radical (unpaired) electrons. The minimum absolute atomic E-state index is 0.0550. The SMILES string of the molecule is O=C(O)CC1SC(=NN=Cc2c(Cl)cc(Br)c(Cl)c2F)NC1=O. The van der Waals surface area contributed by atoms with Crippen molar-refractivity contribution >= 4 is 74.2 Å². The number of rotatable bonds is 4. The van der Waals surface area contributed by atoms with E-state index in [1.54, 1.807) is 0 Å². The molecule has 1 saturated heterocycles. The van der Waals surface area contributed by atoms with Crippen LogP contribution in [0.15, 0.2) is 20.7 Å². The highest BCUT2D eigenvalue weighted by Gasteiger charge is 2.32. The Hall–Kier alpha value is -1.16. The lowest BCUT2D eigenvalue weighted by atomic mass is 10.2. The molecule has 2 N–H and O–H groups in total. The first-order valence-corrected chi connectivity index (χ1v) is 8.35. The Morgan fingerprint density at radius 2 is 2.26 bits per heavy atom. The number of benzene rings is 1. The molecule has 0 spiro atoms. The number of thioether (sulfide) groups is 1. The van der Waals surface area contributed by atoms with Gasteiger partial charge in [-0.05, 0) is 22.0 Å². The molecule has 1 atom stereocenters. The molecular weight excluding hydrogens is 436 g/mol. The minimum Gasteiger partial charge on any atom is -0.481 e. The van der Waals surface area contributed by atoms with E-state index < -0.39 is 22.9 Å². The predicted molar refractivity (Wildman–Crippen MR) is 90.9 cm³/mol. The molecule has 0 saturated carbocycles. The maximum absolute atomic E-state index is 14.0. The highest BCUT2D eigenvalue weighted by atomic mass is 79.9. The average Bonchev–Trinajstić information content (AvgIpc) is 2.80. The van der Waals surface area contributed by atoms with Crippen molar-refractivity contribution in [3.63, 3.8) is 0 Å². The number of hydrogen-bond donors (Lipinski definition) is 2. The second-order valence-electron chi connectivity index (χ2n) is 4.23. The van der Waals surface area contributed by atoms with E-state index in [9.17, 15) is 14.0 Å². The number of nitrogens with one attached hydrogen (secondary N) is 1. The average molecular weight is 443 g/mol. The van der Waals surface area contributed by atoms with Crippen molar-refractivity contribution in [3.05, 3.63) is 32.0 Å². The summed E-state index contributed by atoms with van der Waals surface area (Å²) >= 11 is 15.6. The monoisotopic (exact) mass is 441 g/mol. The summed E-state index contributed by atoms with van der Waals surface area (Å²) in [5, 5.41) is 17.7. The van der Waals surface area contributed by atoms with Crippen LogP contribution in [0, 0.1) is 5.82 Å². The number of amides is 1. The molecule has 122 valence electrons. The van der Waals surface area contributed by atoms with E-state index in [4.69, 9.17) is 28.3 Å². The number of nitrogens with zero attached hydrogens (tertiary/aromatic N) is 2. The Balaban J connectivity index is 2.15. The van der Waals surface area contributed by atoms with Crippen LogP contribution in [-0.2, 0) is 9.59 Å². The minimum atomic E-state index is -1.10. The van der Waals surface area contributed by atoms with Crippen molar-refractivity contribution in [2.45, 2.75) is 11.7 Å². The number of carboxylic acids is 1. The first-order valence-electron chi connectivity index (χ1n) is 5.93. The van der Waals surface area contributed by atoms with E-state index in [1.165, 1.54) is 6.07 Å². The molecule has 1 amide bonds.